The van der Waals surface area contributed by atoms with Gasteiger partial charge in [0.15, 0.2) is 0 Å². The van der Waals surface area contributed by atoms with Gasteiger partial charge in [-0.05, 0) is 72.5 Å². The highest BCUT2D eigenvalue weighted by molar-refractivity contribution is 6.30. The zero-order chi connectivity index (χ0) is 30.2. The van der Waals surface area contributed by atoms with Crippen molar-refractivity contribution in [1.82, 2.24) is 25.8 Å². The SMILES string of the molecule is CCNCCC(c1ccccc1)N1CCN(C(=O)C(Cc2ccc(Cl)cc2)NC(=O)C2Cc3ccc(F)cc3CN2)CC1. The molecule has 2 amide bonds. The maximum atomic E-state index is 14.0. The van der Waals surface area contributed by atoms with E-state index in [-0.39, 0.29) is 23.7 Å². The number of fused-ring (bicyclic) bond motifs is 1. The number of carbonyl (C=O) groups excluding carboxylic acids is 2. The Balaban J connectivity index is 1.26. The summed E-state index contributed by atoms with van der Waals surface area (Å²) in [5, 5.41) is 10.3. The molecule has 0 aliphatic carbocycles. The first-order valence-electron chi connectivity index (χ1n) is 15.2. The number of hydrogen-bond acceptors (Lipinski definition) is 5. The van der Waals surface area contributed by atoms with Gasteiger partial charge in [-0.15, -0.1) is 0 Å². The number of nitrogens with zero attached hydrogens (tertiary/aromatic N) is 2. The van der Waals surface area contributed by atoms with Gasteiger partial charge in [0.1, 0.15) is 11.9 Å². The molecule has 5 rings (SSSR count). The van der Waals surface area contributed by atoms with Crippen molar-refractivity contribution in [3.05, 3.63) is 106 Å². The molecule has 43 heavy (non-hydrogen) atoms. The average molecular weight is 606 g/mol. The van der Waals surface area contributed by atoms with Gasteiger partial charge in [0.25, 0.3) is 0 Å². The predicted molar refractivity (Wildman–Crippen MR) is 168 cm³/mol. The van der Waals surface area contributed by atoms with E-state index in [1.165, 1.54) is 17.7 Å². The van der Waals surface area contributed by atoms with Crippen molar-refractivity contribution in [2.45, 2.75) is 50.9 Å². The van der Waals surface area contributed by atoms with Crippen LogP contribution < -0.4 is 16.0 Å². The first-order valence-corrected chi connectivity index (χ1v) is 15.6. The molecule has 0 saturated carbocycles. The first-order chi connectivity index (χ1) is 20.9. The van der Waals surface area contributed by atoms with Crippen molar-refractivity contribution in [1.29, 1.82) is 0 Å². The number of hydrogen-bond donors (Lipinski definition) is 3. The minimum Gasteiger partial charge on any atom is -0.343 e. The van der Waals surface area contributed by atoms with Crippen molar-refractivity contribution in [2.75, 3.05) is 39.3 Å². The van der Waals surface area contributed by atoms with Crippen molar-refractivity contribution in [3.63, 3.8) is 0 Å². The topological polar surface area (TPSA) is 76.7 Å². The molecule has 0 radical (unpaired) electrons. The lowest BCUT2D eigenvalue weighted by Gasteiger charge is -2.41. The Morgan fingerprint density at radius 3 is 2.47 bits per heavy atom. The molecule has 2 aliphatic rings. The predicted octanol–water partition coefficient (Wildman–Crippen LogP) is 4.11. The molecule has 2 aliphatic heterocycles. The molecule has 0 aromatic heterocycles. The molecule has 1 saturated heterocycles. The Bertz CT molecular complexity index is 1360. The third kappa shape index (κ3) is 8.21. The van der Waals surface area contributed by atoms with E-state index in [1.54, 1.807) is 18.2 Å². The first kappa shape index (κ1) is 31.1. The molecule has 0 spiro atoms. The number of halogens is 2. The van der Waals surface area contributed by atoms with Gasteiger partial charge in [-0.2, -0.15) is 0 Å². The summed E-state index contributed by atoms with van der Waals surface area (Å²) in [4.78, 5) is 31.8. The summed E-state index contributed by atoms with van der Waals surface area (Å²) < 4.78 is 13.7. The Labute approximate surface area is 258 Å². The van der Waals surface area contributed by atoms with Crippen LogP contribution in [0.4, 0.5) is 4.39 Å². The summed E-state index contributed by atoms with van der Waals surface area (Å²) >= 11 is 6.11. The average Bonchev–Trinajstić information content (AvgIpc) is 3.03. The molecule has 1 fully saturated rings. The van der Waals surface area contributed by atoms with Crippen LogP contribution in [0.5, 0.6) is 0 Å². The maximum Gasteiger partial charge on any atom is 0.245 e. The summed E-state index contributed by atoms with van der Waals surface area (Å²) in [6.07, 6.45) is 1.80. The number of nitrogens with one attached hydrogen (secondary N) is 3. The Morgan fingerprint density at radius 1 is 1.00 bits per heavy atom. The molecular weight excluding hydrogens is 565 g/mol. The Kier molecular flexibility index (Phi) is 10.8. The zero-order valence-electron chi connectivity index (χ0n) is 24.7. The third-order valence-electron chi connectivity index (χ3n) is 8.51. The summed E-state index contributed by atoms with van der Waals surface area (Å²) in [7, 11) is 0. The highest BCUT2D eigenvalue weighted by Gasteiger charge is 2.33. The molecule has 228 valence electrons. The van der Waals surface area contributed by atoms with Gasteiger partial charge < -0.3 is 20.9 Å². The number of amides is 2. The highest BCUT2D eigenvalue weighted by Crippen LogP contribution is 2.26. The van der Waals surface area contributed by atoms with Gasteiger partial charge in [0, 0.05) is 50.2 Å². The second-order valence-electron chi connectivity index (χ2n) is 11.4. The van der Waals surface area contributed by atoms with E-state index in [2.05, 4.69) is 52.0 Å². The largest absolute Gasteiger partial charge is 0.343 e. The van der Waals surface area contributed by atoms with Crippen LogP contribution in [0.1, 0.15) is 41.6 Å². The quantitative estimate of drug-likeness (QED) is 0.287. The molecule has 3 aromatic carbocycles. The van der Waals surface area contributed by atoms with Gasteiger partial charge in [0.2, 0.25) is 11.8 Å². The zero-order valence-corrected chi connectivity index (χ0v) is 25.5. The number of piperazine rings is 1. The second kappa shape index (κ2) is 14.9. The Hall–Kier alpha value is -3.30. The van der Waals surface area contributed by atoms with Crippen molar-refractivity contribution >= 4 is 23.4 Å². The lowest BCUT2D eigenvalue weighted by molar-refractivity contribution is -0.138. The smallest absolute Gasteiger partial charge is 0.245 e. The lowest BCUT2D eigenvalue weighted by Crippen LogP contribution is -2.58. The summed E-state index contributed by atoms with van der Waals surface area (Å²) in [5.74, 6) is -0.594. The van der Waals surface area contributed by atoms with Crippen LogP contribution in [0.2, 0.25) is 5.02 Å². The molecular formula is C34H41ClFN5O2. The fourth-order valence-electron chi connectivity index (χ4n) is 6.12. The molecule has 3 aromatic rings. The minimum atomic E-state index is -0.713. The Morgan fingerprint density at radius 2 is 1.74 bits per heavy atom. The molecule has 2 heterocycles. The monoisotopic (exact) mass is 605 g/mol. The maximum absolute atomic E-state index is 14.0. The summed E-state index contributed by atoms with van der Waals surface area (Å²) in [6.45, 7) is 7.09. The number of benzene rings is 3. The van der Waals surface area contributed by atoms with E-state index in [9.17, 15) is 14.0 Å². The summed E-state index contributed by atoms with van der Waals surface area (Å²) in [5.41, 5.74) is 4.01. The molecule has 3 atom stereocenters. The van der Waals surface area contributed by atoms with E-state index < -0.39 is 12.1 Å². The van der Waals surface area contributed by atoms with Gasteiger partial charge in [-0.25, -0.2) is 4.39 Å². The van der Waals surface area contributed by atoms with E-state index >= 15 is 0 Å². The van der Waals surface area contributed by atoms with Crippen LogP contribution in [-0.4, -0.2) is 73.0 Å². The van der Waals surface area contributed by atoms with Gasteiger partial charge >= 0.3 is 0 Å². The molecule has 7 nitrogen and oxygen atoms in total. The fourth-order valence-corrected chi connectivity index (χ4v) is 6.25. The van der Waals surface area contributed by atoms with E-state index in [1.807, 2.05) is 23.1 Å². The molecule has 9 heteroatoms. The van der Waals surface area contributed by atoms with Crippen LogP contribution in [-0.2, 0) is 29.0 Å². The molecule has 3 unspecified atom stereocenters. The van der Waals surface area contributed by atoms with Gasteiger partial charge in [-0.3, -0.25) is 14.5 Å². The lowest BCUT2D eigenvalue weighted by atomic mass is 9.94. The van der Waals surface area contributed by atoms with E-state index in [4.69, 9.17) is 11.6 Å². The number of rotatable bonds is 11. The summed E-state index contributed by atoms with van der Waals surface area (Å²) in [6, 6.07) is 21.7. The van der Waals surface area contributed by atoms with Crippen LogP contribution in [0.25, 0.3) is 0 Å². The van der Waals surface area contributed by atoms with E-state index in [0.717, 1.165) is 49.3 Å². The van der Waals surface area contributed by atoms with Crippen molar-refractivity contribution < 1.29 is 14.0 Å². The van der Waals surface area contributed by atoms with Crippen LogP contribution in [0, 0.1) is 5.82 Å². The van der Waals surface area contributed by atoms with Crippen molar-refractivity contribution in [2.24, 2.45) is 0 Å². The van der Waals surface area contributed by atoms with E-state index in [0.29, 0.717) is 37.5 Å². The standard InChI is InChI=1S/C34H41ClFN5O2/c1-2-37-15-14-32(25-6-4-3-5-7-25)40-16-18-41(19-17-40)34(43)31(20-24-8-11-28(35)12-9-24)39-33(42)30-22-26-10-13-29(36)21-27(26)23-38-30/h3-13,21,30-32,37-38H,2,14-20,22-23H2,1H3,(H,39,42). The highest BCUT2D eigenvalue weighted by atomic mass is 35.5. The number of carbonyl (C=O) groups is 2. The third-order valence-corrected chi connectivity index (χ3v) is 8.76. The fraction of sp³-hybridized carbons (Fsp3) is 0.412. The van der Waals surface area contributed by atoms with Gasteiger partial charge in [-0.1, -0.05) is 67.1 Å². The van der Waals surface area contributed by atoms with Crippen LogP contribution in [0.3, 0.4) is 0 Å². The minimum absolute atomic E-state index is 0.0786. The molecule has 0 bridgehead atoms. The van der Waals surface area contributed by atoms with Crippen LogP contribution >= 0.6 is 11.6 Å². The van der Waals surface area contributed by atoms with Crippen LogP contribution in [0.15, 0.2) is 72.8 Å². The molecule has 3 N–H and O–H groups in total. The second-order valence-corrected chi connectivity index (χ2v) is 11.8. The van der Waals surface area contributed by atoms with Gasteiger partial charge in [0.05, 0.1) is 6.04 Å². The normalized spacial score (nSPS) is 18.5. The van der Waals surface area contributed by atoms with Crippen molar-refractivity contribution in [3.8, 4) is 0 Å².